The van der Waals surface area contributed by atoms with Gasteiger partial charge in [-0.25, -0.2) is 0 Å². The van der Waals surface area contributed by atoms with Gasteiger partial charge in [-0.15, -0.1) is 19.0 Å². The Labute approximate surface area is 107 Å². The van der Waals surface area contributed by atoms with E-state index in [4.69, 9.17) is 5.73 Å². The Morgan fingerprint density at radius 2 is 2.00 bits per heavy atom. The molecule has 1 aromatic rings. The minimum Gasteiger partial charge on any atom is -0.324 e. The summed E-state index contributed by atoms with van der Waals surface area (Å²) < 4.78 is 2.08. The van der Waals surface area contributed by atoms with Crippen molar-refractivity contribution in [3.05, 3.63) is 45.4 Å². The van der Waals surface area contributed by atoms with Gasteiger partial charge in [0.15, 0.2) is 0 Å². The molecule has 0 aliphatic heterocycles. The lowest BCUT2D eigenvalue weighted by Crippen LogP contribution is -2.08. The highest BCUT2D eigenvalue weighted by Crippen LogP contribution is 2.26. The number of halogens is 3. The standard InChI is InChI=1S/C10H11Br2N.ClH/c1-2-3-10(13)7-4-5-8(11)9(12)6-7;/h2,4-6,10H,1,3,13H2;1H/t10-;/m0./s1. The molecule has 1 rings (SSSR count). The second kappa shape index (κ2) is 6.62. The molecule has 2 N–H and O–H groups in total. The smallest absolute Gasteiger partial charge is 0.0330 e. The van der Waals surface area contributed by atoms with Gasteiger partial charge in [-0.05, 0) is 56.0 Å². The van der Waals surface area contributed by atoms with E-state index in [0.717, 1.165) is 20.9 Å². The van der Waals surface area contributed by atoms with Gasteiger partial charge in [0.25, 0.3) is 0 Å². The van der Waals surface area contributed by atoms with E-state index >= 15 is 0 Å². The molecule has 0 amide bonds. The second-order valence-electron chi connectivity index (χ2n) is 2.80. The van der Waals surface area contributed by atoms with Crippen molar-refractivity contribution in [3.63, 3.8) is 0 Å². The molecule has 0 bridgehead atoms. The summed E-state index contributed by atoms with van der Waals surface area (Å²) >= 11 is 6.85. The van der Waals surface area contributed by atoms with Crippen molar-refractivity contribution in [2.24, 2.45) is 5.73 Å². The fraction of sp³-hybridized carbons (Fsp3) is 0.200. The van der Waals surface area contributed by atoms with Crippen LogP contribution in [0.1, 0.15) is 18.0 Å². The van der Waals surface area contributed by atoms with Crippen molar-refractivity contribution >= 4 is 44.3 Å². The van der Waals surface area contributed by atoms with Crippen molar-refractivity contribution in [1.29, 1.82) is 0 Å². The molecule has 0 saturated carbocycles. The molecular weight excluding hydrogens is 329 g/mol. The summed E-state index contributed by atoms with van der Waals surface area (Å²) in [6, 6.07) is 6.07. The monoisotopic (exact) mass is 339 g/mol. The first-order valence-corrected chi connectivity index (χ1v) is 5.55. The van der Waals surface area contributed by atoms with Crippen LogP contribution < -0.4 is 5.73 Å². The fourth-order valence-corrected chi connectivity index (χ4v) is 1.70. The SMILES string of the molecule is C=CC[C@H](N)c1ccc(Br)c(Br)c1.Cl. The number of hydrogen-bond acceptors (Lipinski definition) is 1. The van der Waals surface area contributed by atoms with Crippen LogP contribution in [-0.4, -0.2) is 0 Å². The maximum absolute atomic E-state index is 5.92. The van der Waals surface area contributed by atoms with E-state index in [9.17, 15) is 0 Å². The number of hydrogen-bond donors (Lipinski definition) is 1. The van der Waals surface area contributed by atoms with Crippen LogP contribution in [0.4, 0.5) is 0 Å². The first-order chi connectivity index (χ1) is 6.15. The topological polar surface area (TPSA) is 26.0 Å². The van der Waals surface area contributed by atoms with E-state index in [1.54, 1.807) is 0 Å². The first-order valence-electron chi connectivity index (χ1n) is 3.96. The number of rotatable bonds is 3. The maximum atomic E-state index is 5.92. The molecular formula is C10H12Br2ClN. The van der Waals surface area contributed by atoms with E-state index in [1.807, 2.05) is 24.3 Å². The third kappa shape index (κ3) is 3.73. The van der Waals surface area contributed by atoms with Gasteiger partial charge in [-0.2, -0.15) is 0 Å². The number of nitrogens with two attached hydrogens (primary N) is 1. The third-order valence-electron chi connectivity index (χ3n) is 1.79. The van der Waals surface area contributed by atoms with E-state index in [-0.39, 0.29) is 18.4 Å². The van der Waals surface area contributed by atoms with Crippen molar-refractivity contribution < 1.29 is 0 Å². The summed E-state index contributed by atoms with van der Waals surface area (Å²) in [5, 5.41) is 0. The summed E-state index contributed by atoms with van der Waals surface area (Å²) in [5.74, 6) is 0. The molecule has 1 atom stereocenters. The fourth-order valence-electron chi connectivity index (χ4n) is 1.06. The van der Waals surface area contributed by atoms with Gasteiger partial charge in [-0.1, -0.05) is 12.1 Å². The molecule has 1 aromatic carbocycles. The Balaban J connectivity index is 0.00000169. The van der Waals surface area contributed by atoms with Crippen LogP contribution in [0.5, 0.6) is 0 Å². The van der Waals surface area contributed by atoms with Gasteiger partial charge in [0.2, 0.25) is 0 Å². The van der Waals surface area contributed by atoms with Crippen LogP contribution in [0.25, 0.3) is 0 Å². The zero-order chi connectivity index (χ0) is 9.84. The molecule has 0 saturated heterocycles. The Morgan fingerprint density at radius 3 is 2.50 bits per heavy atom. The molecule has 0 unspecified atom stereocenters. The third-order valence-corrected chi connectivity index (χ3v) is 3.67. The van der Waals surface area contributed by atoms with Crippen LogP contribution >= 0.6 is 44.3 Å². The minimum atomic E-state index is 0. The highest BCUT2D eigenvalue weighted by Gasteiger charge is 2.05. The van der Waals surface area contributed by atoms with E-state index in [2.05, 4.69) is 38.4 Å². The van der Waals surface area contributed by atoms with E-state index in [0.29, 0.717) is 0 Å². The van der Waals surface area contributed by atoms with Crippen LogP contribution in [0.2, 0.25) is 0 Å². The minimum absolute atomic E-state index is 0. The largest absolute Gasteiger partial charge is 0.324 e. The predicted molar refractivity (Wildman–Crippen MR) is 70.8 cm³/mol. The van der Waals surface area contributed by atoms with Crippen molar-refractivity contribution in [1.82, 2.24) is 0 Å². The van der Waals surface area contributed by atoms with Gasteiger partial charge < -0.3 is 5.73 Å². The summed E-state index contributed by atoms with van der Waals surface area (Å²) in [4.78, 5) is 0. The normalized spacial score (nSPS) is 11.6. The average molecular weight is 341 g/mol. The van der Waals surface area contributed by atoms with Crippen molar-refractivity contribution in [3.8, 4) is 0 Å². The lowest BCUT2D eigenvalue weighted by molar-refractivity contribution is 0.741. The van der Waals surface area contributed by atoms with Crippen LogP contribution in [-0.2, 0) is 0 Å². The molecule has 0 aliphatic carbocycles. The Bertz CT molecular complexity index is 315. The molecule has 0 aromatic heterocycles. The summed E-state index contributed by atoms with van der Waals surface area (Å²) in [5.41, 5.74) is 7.04. The highest BCUT2D eigenvalue weighted by molar-refractivity contribution is 9.13. The Kier molecular flexibility index (Phi) is 6.70. The molecule has 0 radical (unpaired) electrons. The van der Waals surface area contributed by atoms with E-state index < -0.39 is 0 Å². The second-order valence-corrected chi connectivity index (χ2v) is 4.51. The predicted octanol–water partition coefficient (Wildman–Crippen LogP) is 4.21. The maximum Gasteiger partial charge on any atom is 0.0330 e. The van der Waals surface area contributed by atoms with Crippen molar-refractivity contribution in [2.45, 2.75) is 12.5 Å². The molecule has 4 heteroatoms. The summed E-state index contributed by atoms with van der Waals surface area (Å²) in [7, 11) is 0. The highest BCUT2D eigenvalue weighted by atomic mass is 79.9. The average Bonchev–Trinajstić information content (AvgIpc) is 2.10. The number of benzene rings is 1. The molecule has 0 spiro atoms. The van der Waals surface area contributed by atoms with E-state index in [1.165, 1.54) is 0 Å². The van der Waals surface area contributed by atoms with Crippen LogP contribution in [0.15, 0.2) is 39.8 Å². The van der Waals surface area contributed by atoms with Gasteiger partial charge >= 0.3 is 0 Å². The lowest BCUT2D eigenvalue weighted by Gasteiger charge is -2.10. The molecule has 0 aliphatic rings. The molecule has 0 heterocycles. The first kappa shape index (κ1) is 14.2. The zero-order valence-electron chi connectivity index (χ0n) is 7.54. The van der Waals surface area contributed by atoms with Crippen LogP contribution in [0.3, 0.4) is 0 Å². The molecule has 78 valence electrons. The summed E-state index contributed by atoms with van der Waals surface area (Å²) in [6.45, 7) is 3.67. The van der Waals surface area contributed by atoms with Crippen molar-refractivity contribution in [2.75, 3.05) is 0 Å². The molecule has 1 nitrogen and oxygen atoms in total. The van der Waals surface area contributed by atoms with Gasteiger partial charge in [0, 0.05) is 15.0 Å². The summed E-state index contributed by atoms with van der Waals surface area (Å²) in [6.07, 6.45) is 2.63. The van der Waals surface area contributed by atoms with Gasteiger partial charge in [-0.3, -0.25) is 0 Å². The van der Waals surface area contributed by atoms with Gasteiger partial charge in [0.1, 0.15) is 0 Å². The quantitative estimate of drug-likeness (QED) is 0.819. The molecule has 14 heavy (non-hydrogen) atoms. The van der Waals surface area contributed by atoms with Gasteiger partial charge in [0.05, 0.1) is 0 Å². The lowest BCUT2D eigenvalue weighted by atomic mass is 10.1. The Morgan fingerprint density at radius 1 is 1.36 bits per heavy atom. The molecule has 0 fully saturated rings. The Hall–Kier alpha value is 0.170. The van der Waals surface area contributed by atoms with Crippen LogP contribution in [0, 0.1) is 0 Å². The zero-order valence-corrected chi connectivity index (χ0v) is 11.5.